The largest absolute Gasteiger partial charge is 0.338 e. The zero-order valence-corrected chi connectivity index (χ0v) is 20.2. The first-order chi connectivity index (χ1) is 16.2. The number of rotatable bonds is 5. The number of aromatic nitrogens is 3. The van der Waals surface area contributed by atoms with Crippen LogP contribution in [-0.2, 0) is 21.4 Å². The lowest BCUT2D eigenvalue weighted by atomic mass is 10.1. The summed E-state index contributed by atoms with van der Waals surface area (Å²) >= 11 is -0.750. The lowest BCUT2D eigenvalue weighted by molar-refractivity contribution is 0.587. The van der Waals surface area contributed by atoms with Crippen LogP contribution in [0.4, 0.5) is 11.5 Å². The summed E-state index contributed by atoms with van der Waals surface area (Å²) in [5, 5.41) is 3.55. The lowest BCUT2D eigenvalue weighted by Gasteiger charge is -2.16. The van der Waals surface area contributed by atoms with Crippen molar-refractivity contribution in [1.29, 1.82) is 0 Å². The molecule has 0 spiro atoms. The van der Waals surface area contributed by atoms with E-state index in [1.54, 1.807) is 62.8 Å². The van der Waals surface area contributed by atoms with Crippen molar-refractivity contribution >= 4 is 43.7 Å². The quantitative estimate of drug-likeness (QED) is 0.426. The number of benzene rings is 1. The molecule has 11 heteroatoms. The summed E-state index contributed by atoms with van der Waals surface area (Å²) in [5.41, 5.74) is 2.46. The SMILES string of the molecule is Cc1cncc(-c2cc3cc[nH]c(=O)c3c(Nc3ccccc3S(=O)(=O)C(C)C)n2)c1.O=S=O. The normalized spacial score (nSPS) is 11.1. The smallest absolute Gasteiger partial charge is 0.335 e. The van der Waals surface area contributed by atoms with Crippen LogP contribution in [0.15, 0.2) is 70.7 Å². The first kappa shape index (κ1) is 24.9. The van der Waals surface area contributed by atoms with Gasteiger partial charge in [-0.25, -0.2) is 13.4 Å². The second kappa shape index (κ2) is 10.5. The Labute approximate surface area is 199 Å². The minimum absolute atomic E-state index is 0.162. The molecule has 0 atom stereocenters. The number of aryl methyl sites for hydroxylation is 1. The van der Waals surface area contributed by atoms with E-state index in [0.29, 0.717) is 22.2 Å². The Morgan fingerprint density at radius 3 is 2.44 bits per heavy atom. The average Bonchev–Trinajstić information content (AvgIpc) is 2.79. The van der Waals surface area contributed by atoms with E-state index in [4.69, 9.17) is 8.42 Å². The summed E-state index contributed by atoms with van der Waals surface area (Å²) in [4.78, 5) is 24.3. The van der Waals surface area contributed by atoms with Crippen LogP contribution >= 0.6 is 0 Å². The minimum Gasteiger partial charge on any atom is -0.338 e. The molecule has 0 bridgehead atoms. The molecule has 0 saturated heterocycles. The maximum atomic E-state index is 12.9. The Morgan fingerprint density at radius 2 is 1.76 bits per heavy atom. The van der Waals surface area contributed by atoms with Crippen LogP contribution in [0.25, 0.3) is 22.0 Å². The number of sulfone groups is 1. The van der Waals surface area contributed by atoms with Gasteiger partial charge >= 0.3 is 11.6 Å². The zero-order chi connectivity index (χ0) is 24.9. The molecule has 0 radical (unpaired) electrons. The van der Waals surface area contributed by atoms with Gasteiger partial charge in [-0.1, -0.05) is 12.1 Å². The Balaban J connectivity index is 0.00000103. The summed E-state index contributed by atoms with van der Waals surface area (Å²) in [5.74, 6) is 0.280. The molecule has 3 aromatic heterocycles. The van der Waals surface area contributed by atoms with E-state index in [9.17, 15) is 13.2 Å². The number of para-hydroxylation sites is 1. The molecular weight excluding hydrogens is 476 g/mol. The number of pyridine rings is 3. The fourth-order valence-corrected chi connectivity index (χ4v) is 4.55. The van der Waals surface area contributed by atoms with Gasteiger partial charge in [0.05, 0.1) is 26.9 Å². The summed E-state index contributed by atoms with van der Waals surface area (Å²) in [7, 11) is -3.55. The number of hydrogen-bond donors (Lipinski definition) is 2. The molecular formula is C23H22N4O5S2. The van der Waals surface area contributed by atoms with Crippen molar-refractivity contribution in [2.45, 2.75) is 30.9 Å². The number of nitrogens with one attached hydrogen (secondary N) is 2. The molecule has 0 saturated carbocycles. The number of aromatic amines is 1. The third kappa shape index (κ3) is 5.26. The van der Waals surface area contributed by atoms with Crippen LogP contribution < -0.4 is 10.9 Å². The predicted molar refractivity (Wildman–Crippen MR) is 131 cm³/mol. The Kier molecular flexibility index (Phi) is 7.69. The van der Waals surface area contributed by atoms with Crippen LogP contribution in [0, 0.1) is 6.92 Å². The lowest BCUT2D eigenvalue weighted by Crippen LogP contribution is -2.16. The molecule has 0 amide bonds. The van der Waals surface area contributed by atoms with Gasteiger partial charge in [-0.2, -0.15) is 8.42 Å². The first-order valence-corrected chi connectivity index (χ1v) is 12.4. The van der Waals surface area contributed by atoms with E-state index in [1.807, 2.05) is 19.1 Å². The van der Waals surface area contributed by atoms with Crippen molar-refractivity contribution in [2.75, 3.05) is 5.32 Å². The molecule has 0 fully saturated rings. The van der Waals surface area contributed by atoms with Crippen LogP contribution in [0.3, 0.4) is 0 Å². The molecule has 176 valence electrons. The third-order valence-electron chi connectivity index (χ3n) is 4.99. The van der Waals surface area contributed by atoms with Gasteiger partial charge in [-0.15, -0.1) is 0 Å². The molecule has 1 aromatic carbocycles. The highest BCUT2D eigenvalue weighted by molar-refractivity contribution is 7.92. The van der Waals surface area contributed by atoms with Crippen molar-refractivity contribution in [3.63, 3.8) is 0 Å². The van der Waals surface area contributed by atoms with Crippen LogP contribution in [0.2, 0.25) is 0 Å². The molecule has 4 rings (SSSR count). The number of anilines is 2. The van der Waals surface area contributed by atoms with Crippen molar-refractivity contribution < 1.29 is 16.8 Å². The van der Waals surface area contributed by atoms with Gasteiger partial charge < -0.3 is 10.3 Å². The van der Waals surface area contributed by atoms with E-state index in [-0.39, 0.29) is 16.3 Å². The van der Waals surface area contributed by atoms with Gasteiger partial charge in [-0.05, 0) is 62.1 Å². The van der Waals surface area contributed by atoms with E-state index in [1.165, 1.54) is 0 Å². The van der Waals surface area contributed by atoms with E-state index < -0.39 is 26.7 Å². The maximum absolute atomic E-state index is 12.9. The summed E-state index contributed by atoms with van der Waals surface area (Å²) in [6.07, 6.45) is 5.03. The molecule has 0 aliphatic carbocycles. The highest BCUT2D eigenvalue weighted by atomic mass is 32.2. The van der Waals surface area contributed by atoms with Gasteiger partial charge in [0.15, 0.2) is 9.84 Å². The molecule has 0 unspecified atom stereocenters. The second-order valence-electron chi connectivity index (χ2n) is 7.66. The van der Waals surface area contributed by atoms with Crippen molar-refractivity contribution in [3.05, 3.63) is 77.0 Å². The highest BCUT2D eigenvalue weighted by Gasteiger charge is 2.23. The van der Waals surface area contributed by atoms with Gasteiger partial charge in [-0.3, -0.25) is 9.78 Å². The number of fused-ring (bicyclic) bond motifs is 1. The Morgan fingerprint density at radius 1 is 1.06 bits per heavy atom. The molecule has 3 heterocycles. The Hall–Kier alpha value is -3.70. The van der Waals surface area contributed by atoms with Crippen molar-refractivity contribution in [3.8, 4) is 11.3 Å². The van der Waals surface area contributed by atoms with Crippen LogP contribution in [0.5, 0.6) is 0 Å². The number of H-pyrrole nitrogens is 1. The fraction of sp³-hybridized carbons (Fsp3) is 0.174. The average molecular weight is 499 g/mol. The number of nitrogens with zero attached hydrogens (tertiary/aromatic N) is 2. The van der Waals surface area contributed by atoms with Crippen LogP contribution in [0.1, 0.15) is 19.4 Å². The topological polar surface area (TPSA) is 139 Å². The molecule has 34 heavy (non-hydrogen) atoms. The standard InChI is InChI=1S/C23H22N4O3S.O2S/c1-14(2)31(29,30)20-7-5-4-6-18(20)26-22-21-16(8-9-25-23(21)28)11-19(27-22)17-10-15(3)12-24-13-17;1-3-2/h4-14H,1-3H3,(H,25,28)(H,26,27);. The van der Waals surface area contributed by atoms with Gasteiger partial charge in [0.2, 0.25) is 0 Å². The summed E-state index contributed by atoms with van der Waals surface area (Å²) in [6, 6.07) is 12.2. The molecule has 0 aliphatic heterocycles. The van der Waals surface area contributed by atoms with E-state index >= 15 is 0 Å². The van der Waals surface area contributed by atoms with Crippen LogP contribution in [-0.4, -0.2) is 37.0 Å². The minimum atomic E-state index is -3.55. The molecule has 0 aliphatic rings. The maximum Gasteiger partial charge on any atom is 0.335 e. The highest BCUT2D eigenvalue weighted by Crippen LogP contribution is 2.31. The number of hydrogen-bond acceptors (Lipinski definition) is 8. The Bertz CT molecular complexity index is 1540. The summed E-state index contributed by atoms with van der Waals surface area (Å²) < 4.78 is 42.3. The third-order valence-corrected chi connectivity index (χ3v) is 7.20. The summed E-state index contributed by atoms with van der Waals surface area (Å²) in [6.45, 7) is 5.21. The fourth-order valence-electron chi connectivity index (χ4n) is 3.35. The molecule has 9 nitrogen and oxygen atoms in total. The van der Waals surface area contributed by atoms with E-state index in [2.05, 4.69) is 20.3 Å². The van der Waals surface area contributed by atoms with Gasteiger partial charge in [0.1, 0.15) is 5.82 Å². The predicted octanol–water partition coefficient (Wildman–Crippen LogP) is 3.55. The van der Waals surface area contributed by atoms with Gasteiger partial charge in [0.25, 0.3) is 5.56 Å². The van der Waals surface area contributed by atoms with Crippen molar-refractivity contribution in [1.82, 2.24) is 15.0 Å². The molecule has 4 aromatic rings. The zero-order valence-electron chi connectivity index (χ0n) is 18.6. The van der Waals surface area contributed by atoms with E-state index in [0.717, 1.165) is 11.1 Å². The second-order valence-corrected chi connectivity index (χ2v) is 10.3. The molecule has 2 N–H and O–H groups in total. The van der Waals surface area contributed by atoms with Gasteiger partial charge in [0, 0.05) is 24.2 Å². The first-order valence-electron chi connectivity index (χ1n) is 10.1. The van der Waals surface area contributed by atoms with Crippen molar-refractivity contribution in [2.24, 2.45) is 0 Å². The monoisotopic (exact) mass is 498 g/mol.